The molecule has 0 N–H and O–H groups in total. The average molecular weight is 948 g/mol. The summed E-state index contributed by atoms with van der Waals surface area (Å²) in [4.78, 5) is 2.46. The molecule has 0 amide bonds. The molecule has 10 aromatic carbocycles. The summed E-state index contributed by atoms with van der Waals surface area (Å²) >= 11 is 0. The van der Waals surface area contributed by atoms with Crippen molar-refractivity contribution in [2.24, 2.45) is 0 Å². The van der Waals surface area contributed by atoms with Gasteiger partial charge in [0.25, 0.3) is 0 Å². The summed E-state index contributed by atoms with van der Waals surface area (Å²) in [6.45, 7) is 32.9. The molecule has 0 aromatic heterocycles. The Labute approximate surface area is 431 Å². The highest BCUT2D eigenvalue weighted by Crippen LogP contribution is 2.47. The molecule has 0 aliphatic heterocycles. The van der Waals surface area contributed by atoms with Crippen LogP contribution in [0.5, 0.6) is 0 Å². The number of anilines is 3. The molecule has 12 rings (SSSR count). The number of hydrogen-bond acceptors (Lipinski definition) is 1. The summed E-state index contributed by atoms with van der Waals surface area (Å²) < 4.78 is 0. The van der Waals surface area contributed by atoms with Crippen molar-refractivity contribution in [3.63, 3.8) is 0 Å². The third-order valence-electron chi connectivity index (χ3n) is 16.3. The van der Waals surface area contributed by atoms with Gasteiger partial charge in [-0.05, 0) is 202 Å². The van der Waals surface area contributed by atoms with Gasteiger partial charge in [0.15, 0.2) is 0 Å². The van der Waals surface area contributed by atoms with Crippen molar-refractivity contribution in [2.45, 2.75) is 119 Å². The van der Waals surface area contributed by atoms with Gasteiger partial charge in [0.1, 0.15) is 0 Å². The molecule has 10 aromatic rings. The fourth-order valence-electron chi connectivity index (χ4n) is 12.1. The Kier molecular flexibility index (Phi) is 10.4. The molecule has 0 bridgehead atoms. The summed E-state index contributed by atoms with van der Waals surface area (Å²) in [6.07, 6.45) is 0. The topological polar surface area (TPSA) is 3.24 Å². The molecule has 0 saturated heterocycles. The largest absolute Gasteiger partial charge is 0.310 e. The highest BCUT2D eigenvalue weighted by atomic mass is 15.1. The first-order valence-corrected chi connectivity index (χ1v) is 26.6. The van der Waals surface area contributed by atoms with Gasteiger partial charge >= 0.3 is 0 Å². The second-order valence-electron chi connectivity index (χ2n) is 25.6. The number of hydrogen-bond donors (Lipinski definition) is 0. The fourth-order valence-corrected chi connectivity index (χ4v) is 12.1. The number of fused-ring (bicyclic) bond motifs is 4. The van der Waals surface area contributed by atoms with Crippen molar-refractivity contribution in [3.8, 4) is 22.3 Å². The Morgan fingerprint density at radius 2 is 0.671 bits per heavy atom. The lowest BCUT2D eigenvalue weighted by Gasteiger charge is -2.28. The second-order valence-corrected chi connectivity index (χ2v) is 25.6. The molecular formula is C72H69N. The quantitative estimate of drug-likeness (QED) is 0.155. The van der Waals surface area contributed by atoms with Gasteiger partial charge in [0.2, 0.25) is 0 Å². The van der Waals surface area contributed by atoms with Crippen LogP contribution < -0.4 is 4.90 Å². The first kappa shape index (κ1) is 46.8. The molecule has 0 heterocycles. The monoisotopic (exact) mass is 948 g/mol. The summed E-state index contributed by atoms with van der Waals surface area (Å²) in [5, 5.41) is 18.4. The minimum Gasteiger partial charge on any atom is -0.310 e. The SMILES string of the molecule is Cc1ccccc1N(c1ccc2c(c1)=c1ccc3c4c(ccc=2c14)=c1c(-c2cc(C(C)(C)C)cc(C(C)(C)C)c2)c2cc4ccccc4cc2c(-c2cc(C(C)(C)C)cc(C(C)(C)C)c2)c1=3)c1ccccc1C. The number of aryl methyl sites for hydroxylation is 2. The summed E-state index contributed by atoms with van der Waals surface area (Å²) in [5.41, 5.74) is 16.5. The predicted octanol–water partition coefficient (Wildman–Crippen LogP) is 19.5. The zero-order chi connectivity index (χ0) is 51.3. The highest BCUT2D eigenvalue weighted by Gasteiger charge is 2.28. The Morgan fingerprint density at radius 1 is 0.315 bits per heavy atom. The molecule has 0 saturated carbocycles. The Morgan fingerprint density at radius 3 is 1.08 bits per heavy atom. The molecule has 2 aliphatic rings. The average Bonchev–Trinajstić information content (AvgIpc) is 3.84. The van der Waals surface area contributed by atoms with Crippen LogP contribution >= 0.6 is 0 Å². The van der Waals surface area contributed by atoms with E-state index in [0.29, 0.717) is 0 Å². The van der Waals surface area contributed by atoms with E-state index in [2.05, 4.69) is 266 Å². The van der Waals surface area contributed by atoms with E-state index in [0.717, 1.165) is 5.69 Å². The van der Waals surface area contributed by atoms with E-state index >= 15 is 0 Å². The highest BCUT2D eigenvalue weighted by molar-refractivity contribution is 6.12. The van der Waals surface area contributed by atoms with Crippen molar-refractivity contribution in [1.82, 2.24) is 0 Å². The smallest absolute Gasteiger partial charge is 0.0490 e. The normalized spacial score (nSPS) is 13.1. The van der Waals surface area contributed by atoms with E-state index < -0.39 is 0 Å². The summed E-state index contributed by atoms with van der Waals surface area (Å²) in [7, 11) is 0. The third kappa shape index (κ3) is 7.48. The molecule has 1 nitrogen and oxygen atoms in total. The van der Waals surface area contributed by atoms with Gasteiger partial charge in [-0.25, -0.2) is 0 Å². The lowest BCUT2D eigenvalue weighted by atomic mass is 9.77. The Bertz CT molecular complexity index is 4160. The zero-order valence-corrected chi connectivity index (χ0v) is 45.5. The molecule has 73 heavy (non-hydrogen) atoms. The summed E-state index contributed by atoms with van der Waals surface area (Å²) in [5.74, 6) is 0. The van der Waals surface area contributed by atoms with E-state index in [4.69, 9.17) is 0 Å². The maximum Gasteiger partial charge on any atom is 0.0490 e. The van der Waals surface area contributed by atoms with Gasteiger partial charge < -0.3 is 4.90 Å². The lowest BCUT2D eigenvalue weighted by Crippen LogP contribution is -2.17. The molecule has 0 fully saturated rings. The van der Waals surface area contributed by atoms with Crippen molar-refractivity contribution in [3.05, 3.63) is 239 Å². The van der Waals surface area contributed by atoms with E-state index in [1.807, 2.05) is 0 Å². The van der Waals surface area contributed by atoms with Crippen LogP contribution in [0.4, 0.5) is 17.1 Å². The van der Waals surface area contributed by atoms with Gasteiger partial charge in [0, 0.05) is 17.1 Å². The van der Waals surface area contributed by atoms with Crippen molar-refractivity contribution in [1.29, 1.82) is 0 Å². The zero-order valence-electron chi connectivity index (χ0n) is 45.5. The second kappa shape index (κ2) is 16.1. The predicted molar refractivity (Wildman–Crippen MR) is 312 cm³/mol. The van der Waals surface area contributed by atoms with E-state index in [-0.39, 0.29) is 21.7 Å². The third-order valence-corrected chi connectivity index (χ3v) is 16.3. The van der Waals surface area contributed by atoms with Crippen molar-refractivity contribution in [2.75, 3.05) is 4.90 Å². The Balaban J connectivity index is 1.31. The number of rotatable bonds is 5. The van der Waals surface area contributed by atoms with Crippen LogP contribution in [-0.4, -0.2) is 0 Å². The molecule has 362 valence electrons. The maximum atomic E-state index is 2.53. The number of benzene rings is 10. The van der Waals surface area contributed by atoms with Crippen LogP contribution in [0.15, 0.2) is 164 Å². The van der Waals surface area contributed by atoms with Gasteiger partial charge in [-0.3, -0.25) is 0 Å². The lowest BCUT2D eigenvalue weighted by molar-refractivity contribution is 0.568. The van der Waals surface area contributed by atoms with Gasteiger partial charge in [0.05, 0.1) is 0 Å². The molecule has 0 unspecified atom stereocenters. The molecule has 0 radical (unpaired) electrons. The van der Waals surface area contributed by atoms with E-state index in [1.165, 1.54) is 141 Å². The van der Waals surface area contributed by atoms with Crippen molar-refractivity contribution < 1.29 is 0 Å². The van der Waals surface area contributed by atoms with Crippen LogP contribution in [0.25, 0.3) is 54.6 Å². The fraction of sp³-hybridized carbons (Fsp3) is 0.250. The van der Waals surface area contributed by atoms with E-state index in [9.17, 15) is 0 Å². The van der Waals surface area contributed by atoms with Gasteiger partial charge in [-0.15, -0.1) is 0 Å². The first-order valence-electron chi connectivity index (χ1n) is 26.6. The summed E-state index contributed by atoms with van der Waals surface area (Å²) in [6, 6.07) is 63.7. The molecular weight excluding hydrogens is 879 g/mol. The van der Waals surface area contributed by atoms with Gasteiger partial charge in [-0.1, -0.05) is 210 Å². The molecule has 1 heteroatoms. The number of nitrogens with zero attached hydrogens (tertiary/aromatic N) is 1. The first-order chi connectivity index (χ1) is 34.6. The van der Waals surface area contributed by atoms with Crippen LogP contribution in [0.2, 0.25) is 0 Å². The van der Waals surface area contributed by atoms with Crippen LogP contribution in [-0.2, 0) is 21.7 Å². The van der Waals surface area contributed by atoms with Crippen LogP contribution in [0.3, 0.4) is 0 Å². The molecule has 0 spiro atoms. The van der Waals surface area contributed by atoms with E-state index in [1.54, 1.807) is 0 Å². The molecule has 0 atom stereocenters. The van der Waals surface area contributed by atoms with Crippen LogP contribution in [0, 0.1) is 55.6 Å². The standard InChI is InChI=1S/C72H69N/c1-42-21-15-19-25-61(42)73(62-26-20-16-22-43(62)2)52-27-28-53-54-29-31-56-66-57(32-30-55(65(54)66)58(53)41-52)68-64(47-35-50(71(9,10)11)40-51(36-47)72(12,13)14)60-38-45-24-18-17-23-44(45)37-59(60)63(67(56)68)46-33-48(69(3,4)5)39-49(34-46)70(6,7)8/h15-41H,1-14H3. The minimum absolute atomic E-state index is 0.0530. The number of para-hydroxylation sites is 2. The van der Waals surface area contributed by atoms with Crippen LogP contribution in [0.1, 0.15) is 116 Å². The maximum absolute atomic E-state index is 2.53. The van der Waals surface area contributed by atoms with Gasteiger partial charge in [-0.2, -0.15) is 0 Å². The van der Waals surface area contributed by atoms with Crippen molar-refractivity contribution >= 4 is 49.4 Å². The Hall–Kier alpha value is -7.22. The molecule has 2 aliphatic carbocycles. The minimum atomic E-state index is -0.0530.